The van der Waals surface area contributed by atoms with Gasteiger partial charge in [0.15, 0.2) is 0 Å². The molecule has 2 unspecified atom stereocenters. The van der Waals surface area contributed by atoms with E-state index in [1.54, 1.807) is 4.90 Å². The summed E-state index contributed by atoms with van der Waals surface area (Å²) in [6, 6.07) is 8.94. The number of nitrogens with zero attached hydrogens (tertiary/aromatic N) is 1. The van der Waals surface area contributed by atoms with Gasteiger partial charge in [-0.3, -0.25) is 4.79 Å². The summed E-state index contributed by atoms with van der Waals surface area (Å²) in [6.45, 7) is 5.27. The molecule has 1 aliphatic rings. The summed E-state index contributed by atoms with van der Waals surface area (Å²) in [6.07, 6.45) is 2.38. The molecule has 132 valence electrons. The first kappa shape index (κ1) is 18.3. The average molecular weight is 332 g/mol. The predicted octanol–water partition coefficient (Wildman–Crippen LogP) is 2.17. The first-order valence-corrected chi connectivity index (χ1v) is 8.68. The number of para-hydroxylation sites is 1. The summed E-state index contributed by atoms with van der Waals surface area (Å²) in [5.41, 5.74) is 6.75. The van der Waals surface area contributed by atoms with Gasteiger partial charge in [-0.15, -0.1) is 0 Å². The Morgan fingerprint density at radius 1 is 1.25 bits per heavy atom. The van der Waals surface area contributed by atoms with Crippen LogP contribution in [0.5, 0.6) is 0 Å². The van der Waals surface area contributed by atoms with Crippen molar-refractivity contribution in [1.29, 1.82) is 0 Å². The van der Waals surface area contributed by atoms with Crippen LogP contribution in [0.15, 0.2) is 30.3 Å². The van der Waals surface area contributed by atoms with Crippen LogP contribution in [0.1, 0.15) is 33.1 Å². The number of rotatable bonds is 5. The fraction of sp³-hybridized carbons (Fsp3) is 0.556. The molecule has 0 spiro atoms. The standard InChI is InChI=1S/C18H28N4O2/c1-3-13(2)16(19)17(23)20-15-9-11-22(12-10-15)18(24)21-14-7-5-4-6-8-14/h4-8,13,15-16H,3,9-12,19H2,1-2H3,(H,20,23)(H,21,24). The van der Waals surface area contributed by atoms with Gasteiger partial charge in [0.1, 0.15) is 0 Å². The first-order chi connectivity index (χ1) is 11.5. The van der Waals surface area contributed by atoms with Crippen molar-refractivity contribution in [1.82, 2.24) is 10.2 Å². The lowest BCUT2D eigenvalue weighted by molar-refractivity contribution is -0.124. The van der Waals surface area contributed by atoms with Crippen molar-refractivity contribution in [3.63, 3.8) is 0 Å². The lowest BCUT2D eigenvalue weighted by Crippen LogP contribution is -2.52. The van der Waals surface area contributed by atoms with E-state index in [0.29, 0.717) is 13.1 Å². The monoisotopic (exact) mass is 332 g/mol. The van der Waals surface area contributed by atoms with Gasteiger partial charge in [0.05, 0.1) is 6.04 Å². The fourth-order valence-electron chi connectivity index (χ4n) is 2.76. The van der Waals surface area contributed by atoms with Crippen molar-refractivity contribution >= 4 is 17.6 Å². The number of benzene rings is 1. The van der Waals surface area contributed by atoms with Crippen molar-refractivity contribution in [2.24, 2.45) is 11.7 Å². The predicted molar refractivity (Wildman–Crippen MR) is 95.6 cm³/mol. The zero-order chi connectivity index (χ0) is 17.5. The molecule has 0 aliphatic carbocycles. The van der Waals surface area contributed by atoms with Gasteiger partial charge in [0.2, 0.25) is 5.91 Å². The molecule has 1 fully saturated rings. The van der Waals surface area contributed by atoms with E-state index < -0.39 is 6.04 Å². The number of carbonyl (C=O) groups is 2. The second-order valence-electron chi connectivity index (χ2n) is 6.48. The van der Waals surface area contributed by atoms with Gasteiger partial charge in [-0.25, -0.2) is 4.79 Å². The van der Waals surface area contributed by atoms with E-state index in [1.165, 1.54) is 0 Å². The molecule has 6 nitrogen and oxygen atoms in total. The Labute approximate surface area is 143 Å². The Morgan fingerprint density at radius 3 is 2.46 bits per heavy atom. The molecule has 1 aliphatic heterocycles. The maximum atomic E-state index is 12.2. The quantitative estimate of drug-likeness (QED) is 0.772. The number of nitrogens with one attached hydrogen (secondary N) is 2. The van der Waals surface area contributed by atoms with Crippen molar-refractivity contribution in [3.8, 4) is 0 Å². The average Bonchev–Trinajstić information content (AvgIpc) is 2.61. The zero-order valence-corrected chi connectivity index (χ0v) is 14.5. The highest BCUT2D eigenvalue weighted by Crippen LogP contribution is 2.14. The second kappa shape index (κ2) is 8.68. The minimum atomic E-state index is -0.464. The van der Waals surface area contributed by atoms with Gasteiger partial charge in [0, 0.05) is 24.8 Å². The molecular weight excluding hydrogens is 304 g/mol. The highest BCUT2D eigenvalue weighted by molar-refractivity contribution is 5.89. The summed E-state index contributed by atoms with van der Waals surface area (Å²) in [5, 5.41) is 5.91. The van der Waals surface area contributed by atoms with Crippen LogP contribution in [-0.2, 0) is 4.79 Å². The van der Waals surface area contributed by atoms with Crippen LogP contribution in [0.3, 0.4) is 0 Å². The Hall–Kier alpha value is -2.08. The number of carbonyl (C=O) groups excluding carboxylic acids is 2. The summed E-state index contributed by atoms with van der Waals surface area (Å²) < 4.78 is 0. The third-order valence-corrected chi connectivity index (χ3v) is 4.71. The van der Waals surface area contributed by atoms with Crippen LogP contribution in [-0.4, -0.2) is 42.0 Å². The van der Waals surface area contributed by atoms with Gasteiger partial charge < -0.3 is 21.3 Å². The van der Waals surface area contributed by atoms with Crippen LogP contribution in [0.25, 0.3) is 0 Å². The molecule has 1 saturated heterocycles. The number of amides is 3. The minimum absolute atomic E-state index is 0.0865. The molecule has 3 amide bonds. The largest absolute Gasteiger partial charge is 0.352 e. The third kappa shape index (κ3) is 4.96. The Morgan fingerprint density at radius 2 is 1.88 bits per heavy atom. The van der Waals surface area contributed by atoms with Gasteiger partial charge in [-0.2, -0.15) is 0 Å². The minimum Gasteiger partial charge on any atom is -0.352 e. The topological polar surface area (TPSA) is 87.5 Å². The third-order valence-electron chi connectivity index (χ3n) is 4.71. The number of anilines is 1. The van der Waals surface area contributed by atoms with E-state index >= 15 is 0 Å². The number of urea groups is 1. The molecule has 1 heterocycles. The van der Waals surface area contributed by atoms with Crippen molar-refractivity contribution in [3.05, 3.63) is 30.3 Å². The molecular formula is C18H28N4O2. The summed E-state index contributed by atoms with van der Waals surface area (Å²) in [5.74, 6) is 0.0817. The van der Waals surface area contributed by atoms with E-state index in [0.717, 1.165) is 24.9 Å². The Kier molecular flexibility index (Phi) is 6.61. The van der Waals surface area contributed by atoms with Crippen molar-refractivity contribution in [2.45, 2.75) is 45.2 Å². The zero-order valence-electron chi connectivity index (χ0n) is 14.5. The van der Waals surface area contributed by atoms with E-state index in [2.05, 4.69) is 10.6 Å². The molecule has 6 heteroatoms. The van der Waals surface area contributed by atoms with E-state index in [-0.39, 0.29) is 23.9 Å². The van der Waals surface area contributed by atoms with Crippen LogP contribution in [0, 0.1) is 5.92 Å². The number of likely N-dealkylation sites (tertiary alicyclic amines) is 1. The van der Waals surface area contributed by atoms with Crippen LogP contribution < -0.4 is 16.4 Å². The molecule has 0 saturated carbocycles. The van der Waals surface area contributed by atoms with Gasteiger partial charge in [-0.05, 0) is 30.9 Å². The van der Waals surface area contributed by atoms with Crippen molar-refractivity contribution in [2.75, 3.05) is 18.4 Å². The van der Waals surface area contributed by atoms with E-state index in [4.69, 9.17) is 5.73 Å². The molecule has 24 heavy (non-hydrogen) atoms. The van der Waals surface area contributed by atoms with Gasteiger partial charge >= 0.3 is 6.03 Å². The van der Waals surface area contributed by atoms with E-state index in [1.807, 2.05) is 44.2 Å². The summed E-state index contributed by atoms with van der Waals surface area (Å²) >= 11 is 0. The Bertz CT molecular complexity index is 541. The SMILES string of the molecule is CCC(C)C(N)C(=O)NC1CCN(C(=O)Nc2ccccc2)CC1. The lowest BCUT2D eigenvalue weighted by atomic mass is 9.98. The molecule has 1 aromatic rings. The number of hydrogen-bond donors (Lipinski definition) is 3. The van der Waals surface area contributed by atoms with Crippen LogP contribution in [0.2, 0.25) is 0 Å². The second-order valence-corrected chi connectivity index (χ2v) is 6.48. The molecule has 0 aromatic heterocycles. The highest BCUT2D eigenvalue weighted by atomic mass is 16.2. The summed E-state index contributed by atoms with van der Waals surface area (Å²) in [4.78, 5) is 26.2. The number of hydrogen-bond acceptors (Lipinski definition) is 3. The fourth-order valence-corrected chi connectivity index (χ4v) is 2.76. The molecule has 0 bridgehead atoms. The maximum absolute atomic E-state index is 12.2. The molecule has 2 rings (SSSR count). The van der Waals surface area contributed by atoms with Crippen molar-refractivity contribution < 1.29 is 9.59 Å². The van der Waals surface area contributed by atoms with Gasteiger partial charge in [0.25, 0.3) is 0 Å². The number of piperidine rings is 1. The summed E-state index contributed by atoms with van der Waals surface area (Å²) in [7, 11) is 0. The first-order valence-electron chi connectivity index (χ1n) is 8.68. The van der Waals surface area contributed by atoms with Crippen LogP contribution >= 0.6 is 0 Å². The van der Waals surface area contributed by atoms with Gasteiger partial charge in [-0.1, -0.05) is 38.5 Å². The smallest absolute Gasteiger partial charge is 0.321 e. The molecule has 1 aromatic carbocycles. The highest BCUT2D eigenvalue weighted by Gasteiger charge is 2.26. The maximum Gasteiger partial charge on any atom is 0.321 e. The van der Waals surface area contributed by atoms with E-state index in [9.17, 15) is 9.59 Å². The number of nitrogens with two attached hydrogens (primary N) is 1. The normalized spacial score (nSPS) is 17.9. The molecule has 2 atom stereocenters. The molecule has 0 radical (unpaired) electrons. The molecule has 4 N–H and O–H groups in total. The van der Waals surface area contributed by atoms with Crippen LogP contribution in [0.4, 0.5) is 10.5 Å². The lowest BCUT2D eigenvalue weighted by Gasteiger charge is -2.33. The Balaban J connectivity index is 1.77.